The van der Waals surface area contributed by atoms with Gasteiger partial charge in [0.1, 0.15) is 0 Å². The number of rotatable bonds is 5. The van der Waals surface area contributed by atoms with Gasteiger partial charge in [-0.15, -0.1) is 0 Å². The van der Waals surface area contributed by atoms with Crippen molar-refractivity contribution < 1.29 is 0 Å². The Balaban J connectivity index is 2.72. The lowest BCUT2D eigenvalue weighted by atomic mass is 10.1. The second-order valence-corrected chi connectivity index (χ2v) is 3.95. The van der Waals surface area contributed by atoms with Crippen LogP contribution in [0.3, 0.4) is 0 Å². The number of nitrogens with two attached hydrogens (primary N) is 1. The Morgan fingerprint density at radius 3 is 2.71 bits per heavy atom. The van der Waals surface area contributed by atoms with Crippen molar-refractivity contribution in [3.8, 4) is 0 Å². The molecule has 3 nitrogen and oxygen atoms in total. The summed E-state index contributed by atoms with van der Waals surface area (Å²) in [7, 11) is 0. The van der Waals surface area contributed by atoms with Crippen molar-refractivity contribution in [1.82, 2.24) is 9.55 Å². The topological polar surface area (TPSA) is 43.8 Å². The van der Waals surface area contributed by atoms with E-state index in [2.05, 4.69) is 30.3 Å². The highest BCUT2D eigenvalue weighted by Gasteiger charge is 2.10. The second-order valence-electron chi connectivity index (χ2n) is 3.95. The zero-order valence-electron chi connectivity index (χ0n) is 9.40. The molecule has 2 atom stereocenters. The van der Waals surface area contributed by atoms with Crippen molar-refractivity contribution in [1.29, 1.82) is 0 Å². The Bertz CT molecular complexity index is 267. The summed E-state index contributed by atoms with van der Waals surface area (Å²) in [6, 6.07) is 0.243. The molecule has 0 aliphatic carbocycles. The highest BCUT2D eigenvalue weighted by Crippen LogP contribution is 2.18. The molecule has 1 heterocycles. The van der Waals surface area contributed by atoms with Gasteiger partial charge in [-0.2, -0.15) is 0 Å². The third-order valence-corrected chi connectivity index (χ3v) is 2.82. The molecule has 0 aliphatic rings. The second kappa shape index (κ2) is 5.15. The summed E-state index contributed by atoms with van der Waals surface area (Å²) in [5.41, 5.74) is 7.23. The van der Waals surface area contributed by atoms with Gasteiger partial charge in [-0.05, 0) is 18.8 Å². The predicted molar refractivity (Wildman–Crippen MR) is 59.2 cm³/mol. The summed E-state index contributed by atoms with van der Waals surface area (Å²) in [4.78, 5) is 4.19. The zero-order chi connectivity index (χ0) is 10.6. The van der Waals surface area contributed by atoms with Crippen LogP contribution >= 0.6 is 0 Å². The molecule has 0 fully saturated rings. The molecule has 2 unspecified atom stereocenters. The Labute approximate surface area is 86.3 Å². The van der Waals surface area contributed by atoms with Crippen LogP contribution in [0.2, 0.25) is 0 Å². The Hall–Kier alpha value is -0.830. The first-order chi connectivity index (χ1) is 6.69. The van der Waals surface area contributed by atoms with Crippen LogP contribution in [-0.2, 0) is 6.54 Å². The van der Waals surface area contributed by atoms with Gasteiger partial charge in [0.2, 0.25) is 0 Å². The maximum atomic E-state index is 5.93. The van der Waals surface area contributed by atoms with Gasteiger partial charge in [0, 0.05) is 24.5 Å². The van der Waals surface area contributed by atoms with E-state index in [0.717, 1.165) is 19.4 Å². The van der Waals surface area contributed by atoms with Crippen LogP contribution in [0.5, 0.6) is 0 Å². The maximum absolute atomic E-state index is 5.93. The number of hydrogen-bond donors (Lipinski definition) is 1. The molecule has 3 heteroatoms. The minimum absolute atomic E-state index is 0.243. The molecule has 0 aromatic carbocycles. The molecule has 0 bridgehead atoms. The molecule has 1 rings (SSSR count). The van der Waals surface area contributed by atoms with E-state index in [1.165, 1.54) is 5.69 Å². The van der Waals surface area contributed by atoms with Crippen molar-refractivity contribution in [2.75, 3.05) is 0 Å². The first kappa shape index (κ1) is 11.2. The average molecular weight is 195 g/mol. The summed E-state index contributed by atoms with van der Waals surface area (Å²) < 4.78 is 2.18. The van der Waals surface area contributed by atoms with E-state index in [-0.39, 0.29) is 6.04 Å². The summed E-state index contributed by atoms with van der Waals surface area (Å²) in [5, 5.41) is 0. The summed E-state index contributed by atoms with van der Waals surface area (Å²) in [6.07, 6.45) is 6.00. The van der Waals surface area contributed by atoms with Crippen LogP contribution < -0.4 is 5.73 Å². The Morgan fingerprint density at radius 2 is 2.14 bits per heavy atom. The molecule has 14 heavy (non-hydrogen) atoms. The summed E-state index contributed by atoms with van der Waals surface area (Å²) >= 11 is 0. The van der Waals surface area contributed by atoms with Gasteiger partial charge in [0.25, 0.3) is 0 Å². The quantitative estimate of drug-likeness (QED) is 0.782. The zero-order valence-corrected chi connectivity index (χ0v) is 9.40. The average Bonchev–Trinajstić information content (AvgIpc) is 2.64. The Kier molecular flexibility index (Phi) is 4.14. The first-order valence-electron chi connectivity index (χ1n) is 5.44. The van der Waals surface area contributed by atoms with Gasteiger partial charge >= 0.3 is 0 Å². The van der Waals surface area contributed by atoms with Crippen LogP contribution in [0.25, 0.3) is 0 Å². The molecule has 1 aromatic rings. The first-order valence-corrected chi connectivity index (χ1v) is 5.44. The minimum Gasteiger partial charge on any atom is -0.333 e. The molecule has 0 saturated carbocycles. The van der Waals surface area contributed by atoms with Crippen molar-refractivity contribution in [2.24, 2.45) is 5.73 Å². The lowest BCUT2D eigenvalue weighted by molar-refractivity contribution is 0.511. The number of imidazole rings is 1. The van der Waals surface area contributed by atoms with Crippen LogP contribution in [0.15, 0.2) is 12.5 Å². The molecule has 80 valence electrons. The van der Waals surface area contributed by atoms with E-state index < -0.39 is 0 Å². The predicted octanol–water partition coefficient (Wildman–Crippen LogP) is 2.13. The van der Waals surface area contributed by atoms with Gasteiger partial charge in [-0.3, -0.25) is 0 Å². The summed E-state index contributed by atoms with van der Waals surface area (Å²) in [5.74, 6) is 0.571. The molecule has 0 amide bonds. The highest BCUT2D eigenvalue weighted by atomic mass is 15.1. The van der Waals surface area contributed by atoms with E-state index in [1.54, 1.807) is 0 Å². The monoisotopic (exact) mass is 195 g/mol. The maximum Gasteiger partial charge on any atom is 0.0948 e. The molecule has 0 spiro atoms. The number of nitrogens with zero attached hydrogens (tertiary/aromatic N) is 2. The third kappa shape index (κ3) is 2.58. The molecule has 2 N–H and O–H groups in total. The molecule has 0 saturated heterocycles. The van der Waals surface area contributed by atoms with E-state index in [1.807, 2.05) is 12.5 Å². The molecule has 1 aromatic heterocycles. The van der Waals surface area contributed by atoms with Crippen molar-refractivity contribution in [2.45, 2.75) is 52.1 Å². The lowest BCUT2D eigenvalue weighted by Crippen LogP contribution is -2.25. The fourth-order valence-electron chi connectivity index (χ4n) is 1.48. The van der Waals surface area contributed by atoms with Crippen LogP contribution in [-0.4, -0.2) is 15.6 Å². The SMILES string of the molecule is CCC(N)Cn1cncc1C(C)CC. The number of hydrogen-bond acceptors (Lipinski definition) is 2. The highest BCUT2D eigenvalue weighted by molar-refractivity contribution is 5.05. The minimum atomic E-state index is 0.243. The van der Waals surface area contributed by atoms with Gasteiger partial charge in [-0.25, -0.2) is 4.98 Å². The van der Waals surface area contributed by atoms with Crippen molar-refractivity contribution >= 4 is 0 Å². The fourth-order valence-corrected chi connectivity index (χ4v) is 1.48. The van der Waals surface area contributed by atoms with Gasteiger partial charge in [0.05, 0.1) is 6.33 Å². The molecular formula is C11H21N3. The van der Waals surface area contributed by atoms with Crippen LogP contribution in [0.4, 0.5) is 0 Å². The standard InChI is InChI=1S/C11H21N3/c1-4-9(3)11-6-13-8-14(11)7-10(12)5-2/h6,8-10H,4-5,7,12H2,1-3H3. The fraction of sp³-hybridized carbons (Fsp3) is 0.727. The summed E-state index contributed by atoms with van der Waals surface area (Å²) in [6.45, 7) is 7.42. The number of aromatic nitrogens is 2. The van der Waals surface area contributed by atoms with E-state index >= 15 is 0 Å². The van der Waals surface area contributed by atoms with E-state index in [9.17, 15) is 0 Å². The molecule has 0 radical (unpaired) electrons. The van der Waals surface area contributed by atoms with Gasteiger partial charge in [-0.1, -0.05) is 20.8 Å². The van der Waals surface area contributed by atoms with Crippen molar-refractivity contribution in [3.63, 3.8) is 0 Å². The van der Waals surface area contributed by atoms with Crippen molar-refractivity contribution in [3.05, 3.63) is 18.2 Å². The third-order valence-electron chi connectivity index (χ3n) is 2.82. The smallest absolute Gasteiger partial charge is 0.0948 e. The molecular weight excluding hydrogens is 174 g/mol. The normalized spacial score (nSPS) is 15.4. The van der Waals surface area contributed by atoms with Crippen LogP contribution in [0.1, 0.15) is 45.2 Å². The van der Waals surface area contributed by atoms with E-state index in [4.69, 9.17) is 5.73 Å². The van der Waals surface area contributed by atoms with Gasteiger partial charge < -0.3 is 10.3 Å². The Morgan fingerprint density at radius 1 is 1.43 bits per heavy atom. The molecule has 0 aliphatic heterocycles. The largest absolute Gasteiger partial charge is 0.333 e. The lowest BCUT2D eigenvalue weighted by Gasteiger charge is -2.15. The van der Waals surface area contributed by atoms with Crippen LogP contribution in [0, 0.1) is 0 Å². The van der Waals surface area contributed by atoms with Gasteiger partial charge in [0.15, 0.2) is 0 Å². The van der Waals surface area contributed by atoms with E-state index in [0.29, 0.717) is 5.92 Å².